The number of benzene rings is 1. The first-order valence-electron chi connectivity index (χ1n) is 6.41. The number of sulfone groups is 1. The molecule has 0 bridgehead atoms. The van der Waals surface area contributed by atoms with Gasteiger partial charge in [0.2, 0.25) is 10.0 Å². The molecule has 0 aliphatic carbocycles. The molecule has 0 saturated carbocycles. The highest BCUT2D eigenvalue weighted by Crippen LogP contribution is 2.23. The summed E-state index contributed by atoms with van der Waals surface area (Å²) >= 11 is 0. The monoisotopic (exact) mass is 317 g/mol. The fourth-order valence-electron chi connectivity index (χ4n) is 2.76. The molecular weight excluding hydrogens is 298 g/mol. The molecule has 1 aromatic carbocycles. The van der Waals surface area contributed by atoms with Crippen LogP contribution in [0.2, 0.25) is 0 Å². The van der Waals surface area contributed by atoms with Gasteiger partial charge in [-0.15, -0.1) is 0 Å². The van der Waals surface area contributed by atoms with Crippen LogP contribution in [0.15, 0.2) is 17.0 Å². The van der Waals surface area contributed by atoms with Gasteiger partial charge in [0.05, 0.1) is 16.4 Å². The van der Waals surface area contributed by atoms with Crippen LogP contribution < -0.4 is 4.72 Å². The molecule has 2 rings (SSSR count). The van der Waals surface area contributed by atoms with E-state index in [2.05, 4.69) is 4.72 Å². The summed E-state index contributed by atoms with van der Waals surface area (Å²) in [6.07, 6.45) is 0.339. The van der Waals surface area contributed by atoms with Gasteiger partial charge < -0.3 is 0 Å². The highest BCUT2D eigenvalue weighted by Gasteiger charge is 2.32. The Hall–Kier alpha value is -0.920. The topological polar surface area (TPSA) is 80.3 Å². The number of hydrogen-bond acceptors (Lipinski definition) is 4. The van der Waals surface area contributed by atoms with E-state index in [0.717, 1.165) is 5.56 Å². The quantitative estimate of drug-likeness (QED) is 0.904. The van der Waals surface area contributed by atoms with Gasteiger partial charge in [0.15, 0.2) is 9.84 Å². The Morgan fingerprint density at radius 2 is 1.70 bits per heavy atom. The molecule has 5 nitrogen and oxygen atoms in total. The van der Waals surface area contributed by atoms with Crippen molar-refractivity contribution >= 4 is 19.9 Å². The van der Waals surface area contributed by atoms with E-state index >= 15 is 0 Å². The number of rotatable bonds is 3. The third-order valence-corrected chi connectivity index (χ3v) is 7.02. The van der Waals surface area contributed by atoms with E-state index in [9.17, 15) is 16.8 Å². The second-order valence-electron chi connectivity index (χ2n) is 5.45. The predicted octanol–water partition coefficient (Wildman–Crippen LogP) is 1.08. The molecule has 1 saturated heterocycles. The maximum atomic E-state index is 12.4. The zero-order chi connectivity index (χ0) is 15.1. The molecule has 1 aliphatic heterocycles. The fraction of sp³-hybridized carbons (Fsp3) is 0.538. The Morgan fingerprint density at radius 3 is 2.15 bits per heavy atom. The van der Waals surface area contributed by atoms with E-state index in [1.165, 1.54) is 0 Å². The molecule has 20 heavy (non-hydrogen) atoms. The smallest absolute Gasteiger partial charge is 0.229 e. The largest absolute Gasteiger partial charge is 0.241 e. The molecule has 0 amide bonds. The van der Waals surface area contributed by atoms with Gasteiger partial charge in [-0.3, -0.25) is 0 Å². The summed E-state index contributed by atoms with van der Waals surface area (Å²) in [5.74, 6) is -0.0672. The molecule has 1 atom stereocenters. The summed E-state index contributed by atoms with van der Waals surface area (Å²) in [5.41, 5.74) is 2.36. The van der Waals surface area contributed by atoms with Crippen molar-refractivity contribution in [2.45, 2.75) is 38.1 Å². The van der Waals surface area contributed by atoms with Gasteiger partial charge in [-0.05, 0) is 38.3 Å². The van der Waals surface area contributed by atoms with Gasteiger partial charge in [0.25, 0.3) is 0 Å². The molecular formula is C13H19NO4S2. The third kappa shape index (κ3) is 3.21. The van der Waals surface area contributed by atoms with Crippen LogP contribution in [0.1, 0.15) is 23.1 Å². The van der Waals surface area contributed by atoms with Crippen molar-refractivity contribution in [2.75, 3.05) is 11.5 Å². The summed E-state index contributed by atoms with van der Waals surface area (Å²) in [6.45, 7) is 5.41. The SMILES string of the molecule is Cc1cc(C)c(S(=O)(=O)N[C@@H]2CCS(=O)(=O)C2)c(C)c1. The van der Waals surface area contributed by atoms with Gasteiger partial charge in [-0.1, -0.05) is 17.7 Å². The van der Waals surface area contributed by atoms with Crippen LogP contribution in [0.4, 0.5) is 0 Å². The zero-order valence-electron chi connectivity index (χ0n) is 11.8. The van der Waals surface area contributed by atoms with E-state index in [-0.39, 0.29) is 16.4 Å². The van der Waals surface area contributed by atoms with E-state index in [1.807, 2.05) is 19.1 Å². The second-order valence-corrected chi connectivity index (χ2v) is 9.33. The van der Waals surface area contributed by atoms with Gasteiger partial charge in [0, 0.05) is 6.04 Å². The predicted molar refractivity (Wildman–Crippen MR) is 78.0 cm³/mol. The highest BCUT2D eigenvalue weighted by molar-refractivity contribution is 7.92. The lowest BCUT2D eigenvalue weighted by molar-refractivity contribution is 0.561. The highest BCUT2D eigenvalue weighted by atomic mass is 32.2. The summed E-state index contributed by atoms with van der Waals surface area (Å²) in [4.78, 5) is 0.257. The number of sulfonamides is 1. The maximum Gasteiger partial charge on any atom is 0.241 e. The second kappa shape index (κ2) is 5.13. The molecule has 1 N–H and O–H groups in total. The van der Waals surface area contributed by atoms with Crippen LogP contribution in [0.3, 0.4) is 0 Å². The van der Waals surface area contributed by atoms with Crippen molar-refractivity contribution in [3.8, 4) is 0 Å². The Morgan fingerprint density at radius 1 is 1.15 bits per heavy atom. The molecule has 0 radical (unpaired) electrons. The maximum absolute atomic E-state index is 12.4. The number of aryl methyl sites for hydroxylation is 3. The van der Waals surface area contributed by atoms with Crippen LogP contribution >= 0.6 is 0 Å². The minimum Gasteiger partial charge on any atom is -0.229 e. The minimum absolute atomic E-state index is 0.0477. The molecule has 0 aromatic heterocycles. The number of nitrogens with one attached hydrogen (secondary N) is 1. The summed E-state index contributed by atoms with van der Waals surface area (Å²) in [5, 5.41) is 0. The van der Waals surface area contributed by atoms with Crippen LogP contribution in [0.5, 0.6) is 0 Å². The Labute approximate surface area is 120 Å². The zero-order valence-corrected chi connectivity index (χ0v) is 13.4. The standard InChI is InChI=1S/C13H19NO4S2/c1-9-6-10(2)13(11(3)7-9)20(17,18)14-12-4-5-19(15,16)8-12/h6-7,12,14H,4-5,8H2,1-3H3/t12-/m1/s1. The average Bonchev–Trinajstić information content (AvgIpc) is 2.54. The molecule has 1 aliphatic rings. The number of hydrogen-bond donors (Lipinski definition) is 1. The van der Waals surface area contributed by atoms with Gasteiger partial charge in [0.1, 0.15) is 0 Å². The summed E-state index contributed by atoms with van der Waals surface area (Å²) < 4.78 is 50.2. The lowest BCUT2D eigenvalue weighted by atomic mass is 10.1. The Balaban J connectivity index is 2.33. The average molecular weight is 317 g/mol. The first-order valence-corrected chi connectivity index (χ1v) is 9.72. The van der Waals surface area contributed by atoms with Gasteiger partial charge in [-0.2, -0.15) is 0 Å². The van der Waals surface area contributed by atoms with E-state index in [4.69, 9.17) is 0 Å². The molecule has 0 unspecified atom stereocenters. The van der Waals surface area contributed by atoms with Crippen molar-refractivity contribution in [2.24, 2.45) is 0 Å². The molecule has 1 fully saturated rings. The summed E-state index contributed by atoms with van der Waals surface area (Å²) in [7, 11) is -6.79. The lowest BCUT2D eigenvalue weighted by Gasteiger charge is -2.16. The van der Waals surface area contributed by atoms with Crippen LogP contribution in [0, 0.1) is 20.8 Å². The Bertz CT molecular complexity index is 713. The normalized spacial score (nSPS) is 22.1. The third-order valence-electron chi connectivity index (χ3n) is 3.43. The summed E-state index contributed by atoms with van der Waals surface area (Å²) in [6, 6.07) is 3.10. The molecule has 7 heteroatoms. The molecule has 1 heterocycles. The van der Waals surface area contributed by atoms with Crippen LogP contribution in [-0.4, -0.2) is 34.4 Å². The van der Waals surface area contributed by atoms with E-state index in [1.54, 1.807) is 13.8 Å². The van der Waals surface area contributed by atoms with Crippen molar-refractivity contribution in [3.05, 3.63) is 28.8 Å². The van der Waals surface area contributed by atoms with Gasteiger partial charge in [-0.25, -0.2) is 21.6 Å². The van der Waals surface area contributed by atoms with Crippen molar-refractivity contribution in [3.63, 3.8) is 0 Å². The van der Waals surface area contributed by atoms with Crippen molar-refractivity contribution < 1.29 is 16.8 Å². The van der Waals surface area contributed by atoms with Gasteiger partial charge >= 0.3 is 0 Å². The molecule has 0 spiro atoms. The first-order chi connectivity index (χ1) is 9.11. The molecule has 112 valence electrons. The molecule has 1 aromatic rings. The van der Waals surface area contributed by atoms with E-state index < -0.39 is 25.9 Å². The first kappa shape index (κ1) is 15.5. The van der Waals surface area contributed by atoms with Crippen LogP contribution in [0.25, 0.3) is 0 Å². The Kier molecular flexibility index (Phi) is 3.96. The van der Waals surface area contributed by atoms with Crippen molar-refractivity contribution in [1.29, 1.82) is 0 Å². The lowest BCUT2D eigenvalue weighted by Crippen LogP contribution is -2.36. The fourth-order valence-corrected chi connectivity index (χ4v) is 6.26. The van der Waals surface area contributed by atoms with Crippen LogP contribution in [-0.2, 0) is 19.9 Å². The van der Waals surface area contributed by atoms with Crippen molar-refractivity contribution in [1.82, 2.24) is 4.72 Å². The minimum atomic E-state index is -3.69. The van der Waals surface area contributed by atoms with E-state index in [0.29, 0.717) is 17.5 Å².